The van der Waals surface area contributed by atoms with Crippen molar-refractivity contribution in [3.05, 3.63) is 96.1 Å². The number of imidazole rings is 1. The molecule has 0 bridgehead atoms. The minimum absolute atomic E-state index is 0.119. The van der Waals surface area contributed by atoms with Gasteiger partial charge in [0.25, 0.3) is 0 Å². The van der Waals surface area contributed by atoms with Crippen LogP contribution in [0.15, 0.2) is 84.9 Å². The molecule has 1 aliphatic heterocycles. The van der Waals surface area contributed by atoms with Crippen LogP contribution in [0, 0.1) is 0 Å². The highest BCUT2D eigenvalue weighted by Crippen LogP contribution is 2.28. The molecule has 4 aromatic rings. The summed E-state index contributed by atoms with van der Waals surface area (Å²) in [6.07, 6.45) is 0.826. The number of para-hydroxylation sites is 2. The Kier molecular flexibility index (Phi) is 8.13. The number of hydrogen-bond acceptors (Lipinski definition) is 4. The van der Waals surface area contributed by atoms with E-state index in [1.807, 2.05) is 52.9 Å². The van der Waals surface area contributed by atoms with Crippen molar-refractivity contribution in [2.75, 3.05) is 51.3 Å². The maximum absolute atomic E-state index is 13.6. The lowest BCUT2D eigenvalue weighted by molar-refractivity contribution is 0.0351. The lowest BCUT2D eigenvalue weighted by Crippen LogP contribution is -2.45. The number of carbonyl (C=O) groups excluding carboxylic acids is 1. The third-order valence-electron chi connectivity index (χ3n) is 7.17. The van der Waals surface area contributed by atoms with Gasteiger partial charge in [0.1, 0.15) is 0 Å². The van der Waals surface area contributed by atoms with Gasteiger partial charge >= 0.3 is 6.03 Å². The molecule has 0 unspecified atom stereocenters. The minimum Gasteiger partial charge on any atom is -0.379 e. The van der Waals surface area contributed by atoms with E-state index >= 15 is 0 Å². The summed E-state index contributed by atoms with van der Waals surface area (Å²) in [6.45, 7) is 5.39. The number of amides is 2. The number of morpholine rings is 1. The van der Waals surface area contributed by atoms with Gasteiger partial charge in [-0.05, 0) is 29.7 Å². The van der Waals surface area contributed by atoms with Crippen molar-refractivity contribution in [3.63, 3.8) is 0 Å². The van der Waals surface area contributed by atoms with Gasteiger partial charge in [-0.2, -0.15) is 0 Å². The quantitative estimate of drug-likeness (QED) is 0.355. The van der Waals surface area contributed by atoms with Crippen LogP contribution in [0.4, 0.5) is 10.7 Å². The molecule has 7 heteroatoms. The van der Waals surface area contributed by atoms with Crippen LogP contribution in [0.2, 0.25) is 0 Å². The smallest absolute Gasteiger partial charge is 0.324 e. The average molecular weight is 498 g/mol. The summed E-state index contributed by atoms with van der Waals surface area (Å²) >= 11 is 0. The number of anilines is 1. The van der Waals surface area contributed by atoms with Crippen LogP contribution in [0.1, 0.15) is 23.5 Å². The molecule has 3 aromatic carbocycles. The molecule has 1 aliphatic rings. The molecule has 0 atom stereocenters. The fraction of sp³-hybridized carbons (Fsp3) is 0.333. The van der Waals surface area contributed by atoms with Crippen LogP contribution in [0.3, 0.4) is 0 Å². The number of nitrogens with zero attached hydrogens (tertiary/aromatic N) is 4. The lowest BCUT2D eigenvalue weighted by Gasteiger charge is -2.31. The lowest BCUT2D eigenvalue weighted by atomic mass is 9.88. The molecule has 192 valence electrons. The molecule has 1 N–H and O–H groups in total. The number of benzene rings is 3. The Balaban J connectivity index is 1.34. The topological polar surface area (TPSA) is 62.6 Å². The van der Waals surface area contributed by atoms with Gasteiger partial charge in [0.15, 0.2) is 0 Å². The molecule has 2 amide bonds. The summed E-state index contributed by atoms with van der Waals surface area (Å²) in [4.78, 5) is 22.6. The first-order chi connectivity index (χ1) is 18.2. The highest BCUT2D eigenvalue weighted by atomic mass is 16.5. The molecule has 2 heterocycles. The van der Waals surface area contributed by atoms with Crippen LogP contribution in [-0.2, 0) is 11.8 Å². The molecule has 0 aliphatic carbocycles. The van der Waals surface area contributed by atoms with Gasteiger partial charge in [0.2, 0.25) is 5.95 Å². The van der Waals surface area contributed by atoms with Gasteiger partial charge in [0, 0.05) is 45.7 Å². The number of ether oxygens (including phenoxy) is 1. The fourth-order valence-corrected chi connectivity index (χ4v) is 5.02. The second-order valence-corrected chi connectivity index (χ2v) is 9.52. The molecule has 1 fully saturated rings. The summed E-state index contributed by atoms with van der Waals surface area (Å²) in [7, 11) is 1.93. The molecule has 5 rings (SSSR count). The zero-order chi connectivity index (χ0) is 25.5. The minimum atomic E-state index is -0.119. The maximum atomic E-state index is 13.6. The van der Waals surface area contributed by atoms with Gasteiger partial charge < -0.3 is 14.2 Å². The number of aromatic nitrogens is 2. The number of hydrogen-bond donors (Lipinski definition) is 1. The zero-order valence-corrected chi connectivity index (χ0v) is 21.4. The first-order valence-electron chi connectivity index (χ1n) is 13.1. The van der Waals surface area contributed by atoms with Crippen molar-refractivity contribution in [1.29, 1.82) is 0 Å². The number of aryl methyl sites for hydroxylation is 1. The van der Waals surface area contributed by atoms with Crippen molar-refractivity contribution in [2.24, 2.45) is 7.05 Å². The van der Waals surface area contributed by atoms with E-state index in [4.69, 9.17) is 4.74 Å². The monoisotopic (exact) mass is 497 g/mol. The van der Waals surface area contributed by atoms with E-state index in [1.165, 1.54) is 11.1 Å². The molecule has 37 heavy (non-hydrogen) atoms. The summed E-state index contributed by atoms with van der Waals surface area (Å²) < 4.78 is 7.44. The number of rotatable bonds is 9. The fourth-order valence-electron chi connectivity index (χ4n) is 5.02. The van der Waals surface area contributed by atoms with E-state index in [0.29, 0.717) is 19.0 Å². The van der Waals surface area contributed by atoms with Crippen LogP contribution in [0.5, 0.6) is 0 Å². The number of nitrogens with one attached hydrogen (secondary N) is 1. The Hall–Kier alpha value is -3.68. The van der Waals surface area contributed by atoms with Crippen LogP contribution in [0.25, 0.3) is 11.0 Å². The highest BCUT2D eigenvalue weighted by molar-refractivity contribution is 5.90. The summed E-state index contributed by atoms with van der Waals surface area (Å²) in [5.41, 5.74) is 4.38. The van der Waals surface area contributed by atoms with Crippen molar-refractivity contribution in [1.82, 2.24) is 19.4 Å². The third-order valence-corrected chi connectivity index (χ3v) is 7.17. The number of carbonyl (C=O) groups is 1. The first-order valence-corrected chi connectivity index (χ1v) is 13.1. The summed E-state index contributed by atoms with van der Waals surface area (Å²) in [6, 6.07) is 28.9. The molecule has 0 saturated carbocycles. The van der Waals surface area contributed by atoms with Gasteiger partial charge in [-0.15, -0.1) is 0 Å². The van der Waals surface area contributed by atoms with E-state index in [9.17, 15) is 4.79 Å². The van der Waals surface area contributed by atoms with Gasteiger partial charge in [-0.25, -0.2) is 9.78 Å². The number of urea groups is 1. The molecule has 1 saturated heterocycles. The largest absolute Gasteiger partial charge is 0.379 e. The Morgan fingerprint density at radius 1 is 0.919 bits per heavy atom. The van der Waals surface area contributed by atoms with Crippen LogP contribution in [-0.4, -0.2) is 71.3 Å². The molecule has 0 spiro atoms. The van der Waals surface area contributed by atoms with Crippen LogP contribution >= 0.6 is 0 Å². The predicted octanol–water partition coefficient (Wildman–Crippen LogP) is 4.96. The molecular formula is C30H35N5O2. The Bertz CT molecular complexity index is 1250. The second kappa shape index (κ2) is 12.0. The SMILES string of the molecule is Cn1c(NC(=O)N(CCC(c2ccccc2)c2ccccc2)CCN2CCOCC2)nc2ccccc21. The predicted molar refractivity (Wildman–Crippen MR) is 148 cm³/mol. The van der Waals surface area contributed by atoms with Crippen molar-refractivity contribution >= 4 is 23.0 Å². The van der Waals surface area contributed by atoms with E-state index < -0.39 is 0 Å². The highest BCUT2D eigenvalue weighted by Gasteiger charge is 2.22. The zero-order valence-electron chi connectivity index (χ0n) is 21.4. The molecule has 7 nitrogen and oxygen atoms in total. The Morgan fingerprint density at radius 3 is 2.19 bits per heavy atom. The first kappa shape index (κ1) is 25.0. The van der Waals surface area contributed by atoms with Gasteiger partial charge in [0.05, 0.1) is 24.2 Å². The van der Waals surface area contributed by atoms with Crippen molar-refractivity contribution in [3.8, 4) is 0 Å². The molecule has 1 aromatic heterocycles. The average Bonchev–Trinajstić information content (AvgIpc) is 3.27. The molecule has 0 radical (unpaired) electrons. The van der Waals surface area contributed by atoms with Crippen molar-refractivity contribution < 1.29 is 9.53 Å². The normalized spacial score (nSPS) is 14.2. The van der Waals surface area contributed by atoms with E-state index in [0.717, 1.165) is 50.3 Å². The number of fused-ring (bicyclic) bond motifs is 1. The van der Waals surface area contributed by atoms with E-state index in [2.05, 4.69) is 63.7 Å². The Morgan fingerprint density at radius 2 is 1.54 bits per heavy atom. The van der Waals surface area contributed by atoms with Gasteiger partial charge in [-0.3, -0.25) is 10.2 Å². The summed E-state index contributed by atoms with van der Waals surface area (Å²) in [5, 5.41) is 3.09. The maximum Gasteiger partial charge on any atom is 0.324 e. The second-order valence-electron chi connectivity index (χ2n) is 9.52. The van der Waals surface area contributed by atoms with Crippen LogP contribution < -0.4 is 5.32 Å². The third kappa shape index (κ3) is 6.18. The molecular weight excluding hydrogens is 462 g/mol. The standard InChI is InChI=1S/C30H35N5O2/c1-33-28-15-9-8-14-27(28)31-29(33)32-30(36)35(19-18-34-20-22-37-23-21-34)17-16-26(24-10-4-2-5-11-24)25-12-6-3-7-13-25/h2-15,26H,16-23H2,1H3,(H,31,32,36). The van der Waals surface area contributed by atoms with E-state index in [-0.39, 0.29) is 11.9 Å². The summed E-state index contributed by atoms with van der Waals surface area (Å²) in [5.74, 6) is 0.766. The van der Waals surface area contributed by atoms with E-state index in [1.54, 1.807) is 0 Å². The van der Waals surface area contributed by atoms with Crippen molar-refractivity contribution in [2.45, 2.75) is 12.3 Å². The van der Waals surface area contributed by atoms with Gasteiger partial charge in [-0.1, -0.05) is 72.8 Å². The Labute approximate surface area is 218 Å².